The minimum absolute atomic E-state index is 0.139. The van der Waals surface area contributed by atoms with Crippen molar-refractivity contribution in [3.63, 3.8) is 0 Å². The molecule has 0 radical (unpaired) electrons. The molecule has 0 spiro atoms. The lowest BCUT2D eigenvalue weighted by Crippen LogP contribution is -2.06. The second-order valence-corrected chi connectivity index (χ2v) is 6.67. The zero-order chi connectivity index (χ0) is 19.2. The molecule has 0 aliphatic heterocycles. The predicted octanol–water partition coefficient (Wildman–Crippen LogP) is 4.39. The average molecular weight is 381 g/mol. The molecule has 7 heteroatoms. The largest absolute Gasteiger partial charge is 0.493 e. The Balaban J connectivity index is 1.70. The third-order valence-corrected chi connectivity index (χ3v) is 4.62. The van der Waals surface area contributed by atoms with E-state index in [-0.39, 0.29) is 5.91 Å². The summed E-state index contributed by atoms with van der Waals surface area (Å²) in [6.07, 6.45) is 9.42. The van der Waals surface area contributed by atoms with E-state index in [1.165, 1.54) is 6.92 Å². The molecule has 0 bridgehead atoms. The van der Waals surface area contributed by atoms with Crippen LogP contribution >= 0.6 is 11.3 Å². The van der Waals surface area contributed by atoms with Gasteiger partial charge in [0.15, 0.2) is 11.5 Å². The smallest absolute Gasteiger partial charge is 0.222 e. The number of allylic oxidation sites excluding steroid dienone is 2. The van der Waals surface area contributed by atoms with Gasteiger partial charge in [-0.3, -0.25) is 4.79 Å². The van der Waals surface area contributed by atoms with E-state index in [1.54, 1.807) is 37.8 Å². The zero-order valence-corrected chi connectivity index (χ0v) is 16.0. The van der Waals surface area contributed by atoms with Gasteiger partial charge in [-0.2, -0.15) is 0 Å². The number of hydrogen-bond acceptors (Lipinski definition) is 6. The van der Waals surface area contributed by atoms with Crippen LogP contribution in [0.25, 0.3) is 22.4 Å². The Kier molecular flexibility index (Phi) is 5.83. The van der Waals surface area contributed by atoms with Crippen molar-refractivity contribution in [1.82, 2.24) is 9.97 Å². The molecule has 3 aromatic rings. The number of fused-ring (bicyclic) bond motifs is 1. The van der Waals surface area contributed by atoms with Gasteiger partial charge in [0.25, 0.3) is 0 Å². The predicted molar refractivity (Wildman–Crippen MR) is 109 cm³/mol. The third-order valence-electron chi connectivity index (χ3n) is 3.64. The van der Waals surface area contributed by atoms with Crippen LogP contribution in [0.3, 0.4) is 0 Å². The quantitative estimate of drug-likeness (QED) is 0.641. The fourth-order valence-corrected chi connectivity index (χ4v) is 3.30. The first kappa shape index (κ1) is 18.6. The van der Waals surface area contributed by atoms with Crippen molar-refractivity contribution in [2.45, 2.75) is 6.92 Å². The van der Waals surface area contributed by atoms with Crippen LogP contribution in [0.2, 0.25) is 0 Å². The number of benzene rings is 1. The highest BCUT2D eigenvalue weighted by Gasteiger charge is 2.09. The van der Waals surface area contributed by atoms with Crippen LogP contribution in [0.1, 0.15) is 17.5 Å². The molecular formula is C20H19N3O3S. The van der Waals surface area contributed by atoms with Crippen molar-refractivity contribution in [2.24, 2.45) is 0 Å². The molecular weight excluding hydrogens is 362 g/mol. The molecule has 2 aromatic heterocycles. The zero-order valence-electron chi connectivity index (χ0n) is 15.2. The van der Waals surface area contributed by atoms with Gasteiger partial charge in [-0.15, -0.1) is 11.3 Å². The lowest BCUT2D eigenvalue weighted by Gasteiger charge is -2.05. The number of amides is 1. The van der Waals surface area contributed by atoms with Crippen molar-refractivity contribution in [3.8, 4) is 11.5 Å². The minimum Gasteiger partial charge on any atom is -0.493 e. The maximum Gasteiger partial charge on any atom is 0.222 e. The number of aromatic nitrogens is 2. The molecule has 6 nitrogen and oxygen atoms in total. The van der Waals surface area contributed by atoms with Crippen LogP contribution in [0.15, 0.2) is 42.6 Å². The SMILES string of the molecule is COc1cc2nc(C=CC=Cc3ccc(NC(C)=O)nc3)sc2cc1OC. The first-order valence-corrected chi connectivity index (χ1v) is 9.01. The second-order valence-electron chi connectivity index (χ2n) is 5.60. The first-order chi connectivity index (χ1) is 13.1. The number of nitrogens with one attached hydrogen (secondary N) is 1. The van der Waals surface area contributed by atoms with Gasteiger partial charge in [-0.25, -0.2) is 9.97 Å². The molecule has 1 aromatic carbocycles. The monoisotopic (exact) mass is 381 g/mol. The maximum absolute atomic E-state index is 11.0. The summed E-state index contributed by atoms with van der Waals surface area (Å²) < 4.78 is 11.7. The lowest BCUT2D eigenvalue weighted by molar-refractivity contribution is -0.114. The van der Waals surface area contributed by atoms with E-state index >= 15 is 0 Å². The Morgan fingerprint density at radius 1 is 1.11 bits per heavy atom. The van der Waals surface area contributed by atoms with E-state index in [4.69, 9.17) is 9.47 Å². The first-order valence-electron chi connectivity index (χ1n) is 8.20. The summed E-state index contributed by atoms with van der Waals surface area (Å²) in [6, 6.07) is 7.46. The van der Waals surface area contributed by atoms with Crippen LogP contribution in [-0.2, 0) is 4.79 Å². The van der Waals surface area contributed by atoms with E-state index in [1.807, 2.05) is 42.5 Å². The summed E-state index contributed by atoms with van der Waals surface area (Å²) >= 11 is 1.58. The summed E-state index contributed by atoms with van der Waals surface area (Å²) in [5, 5.41) is 3.53. The fourth-order valence-electron chi connectivity index (χ4n) is 2.41. The normalized spacial score (nSPS) is 11.4. The molecule has 0 atom stereocenters. The molecule has 0 unspecified atom stereocenters. The molecule has 0 aliphatic rings. The Hall–Kier alpha value is -3.19. The number of anilines is 1. The summed E-state index contributed by atoms with van der Waals surface area (Å²) in [5.41, 5.74) is 1.81. The van der Waals surface area contributed by atoms with Crippen molar-refractivity contribution in [1.29, 1.82) is 0 Å². The summed E-state index contributed by atoms with van der Waals surface area (Å²) in [4.78, 5) is 19.8. The molecule has 3 rings (SSSR count). The van der Waals surface area contributed by atoms with Crippen LogP contribution in [0.4, 0.5) is 5.82 Å². The molecule has 1 amide bonds. The molecule has 0 aliphatic carbocycles. The van der Waals surface area contributed by atoms with Crippen LogP contribution in [0, 0.1) is 0 Å². The number of thiazole rings is 1. The molecule has 138 valence electrons. The number of rotatable bonds is 6. The molecule has 27 heavy (non-hydrogen) atoms. The van der Waals surface area contributed by atoms with Gasteiger partial charge in [-0.05, 0) is 23.8 Å². The molecule has 0 fully saturated rings. The molecule has 1 N–H and O–H groups in total. The number of pyridine rings is 1. The Morgan fingerprint density at radius 3 is 2.52 bits per heavy atom. The van der Waals surface area contributed by atoms with E-state index in [0.717, 1.165) is 20.8 Å². The average Bonchev–Trinajstić information content (AvgIpc) is 3.06. The van der Waals surface area contributed by atoms with Crippen LogP contribution in [0.5, 0.6) is 11.5 Å². The highest BCUT2D eigenvalue weighted by Crippen LogP contribution is 2.34. The van der Waals surface area contributed by atoms with Gasteiger partial charge in [0, 0.05) is 25.3 Å². The highest BCUT2D eigenvalue weighted by atomic mass is 32.1. The second kappa shape index (κ2) is 8.46. The van der Waals surface area contributed by atoms with Crippen molar-refractivity contribution >= 4 is 45.4 Å². The number of carbonyl (C=O) groups excluding carboxylic acids is 1. The van der Waals surface area contributed by atoms with Crippen LogP contribution in [-0.4, -0.2) is 30.1 Å². The van der Waals surface area contributed by atoms with Gasteiger partial charge >= 0.3 is 0 Å². The Bertz CT molecular complexity index is 966. The van der Waals surface area contributed by atoms with E-state index in [9.17, 15) is 4.79 Å². The number of methoxy groups -OCH3 is 2. The van der Waals surface area contributed by atoms with E-state index < -0.39 is 0 Å². The fraction of sp³-hybridized carbons (Fsp3) is 0.150. The van der Waals surface area contributed by atoms with Gasteiger partial charge < -0.3 is 14.8 Å². The van der Waals surface area contributed by atoms with Gasteiger partial charge in [0.05, 0.1) is 24.4 Å². The molecule has 0 saturated heterocycles. The summed E-state index contributed by atoms with van der Waals surface area (Å²) in [7, 11) is 3.23. The number of carbonyl (C=O) groups is 1. The Morgan fingerprint density at radius 2 is 1.85 bits per heavy atom. The summed E-state index contributed by atoms with van der Waals surface area (Å²) in [5.74, 6) is 1.76. The van der Waals surface area contributed by atoms with Gasteiger partial charge in [0.2, 0.25) is 5.91 Å². The standard InChI is InChI=1S/C20H19N3O3S/c1-13(24)22-19-9-8-14(12-21-19)6-4-5-7-20-23-15-10-16(25-2)17(26-3)11-18(15)27-20/h4-12H,1-3H3,(H,21,22,24). The van der Waals surface area contributed by atoms with Gasteiger partial charge in [-0.1, -0.05) is 18.2 Å². The third kappa shape index (κ3) is 4.71. The van der Waals surface area contributed by atoms with Crippen molar-refractivity contribution in [2.75, 3.05) is 19.5 Å². The van der Waals surface area contributed by atoms with Crippen molar-refractivity contribution in [3.05, 3.63) is 53.2 Å². The number of hydrogen-bond donors (Lipinski definition) is 1. The topological polar surface area (TPSA) is 73.3 Å². The van der Waals surface area contributed by atoms with Crippen molar-refractivity contribution < 1.29 is 14.3 Å². The van der Waals surface area contributed by atoms with Crippen LogP contribution < -0.4 is 14.8 Å². The highest BCUT2D eigenvalue weighted by molar-refractivity contribution is 7.19. The molecule has 2 heterocycles. The number of ether oxygens (including phenoxy) is 2. The van der Waals surface area contributed by atoms with E-state index in [0.29, 0.717) is 17.3 Å². The van der Waals surface area contributed by atoms with Gasteiger partial charge in [0.1, 0.15) is 10.8 Å². The maximum atomic E-state index is 11.0. The lowest BCUT2D eigenvalue weighted by atomic mass is 10.2. The van der Waals surface area contributed by atoms with E-state index in [2.05, 4.69) is 15.3 Å². The summed E-state index contributed by atoms with van der Waals surface area (Å²) in [6.45, 7) is 1.45. The number of nitrogens with zero attached hydrogens (tertiary/aromatic N) is 2. The Labute approximate surface area is 161 Å². The minimum atomic E-state index is -0.139. The molecule has 0 saturated carbocycles.